The average Bonchev–Trinajstić information content (AvgIpc) is 2.89. The lowest BCUT2D eigenvalue weighted by Crippen LogP contribution is -2.77. The Morgan fingerprint density at radius 1 is 1.29 bits per heavy atom. The van der Waals surface area contributed by atoms with Crippen molar-refractivity contribution in [3.63, 3.8) is 0 Å². The molecule has 21 heavy (non-hydrogen) atoms. The molecule has 1 aromatic carbocycles. The molecule has 1 aliphatic carbocycles. The second-order valence-electron chi connectivity index (χ2n) is 7.61. The van der Waals surface area contributed by atoms with Crippen LogP contribution >= 0.6 is 0 Å². The molecule has 116 valence electrons. The monoisotopic (exact) mass is 288 g/mol. The van der Waals surface area contributed by atoms with Crippen molar-refractivity contribution in [3.8, 4) is 0 Å². The fraction of sp³-hybridized carbons (Fsp3) is 0.667. The predicted octanol–water partition coefficient (Wildman–Crippen LogP) is 2.57. The molecule has 1 saturated heterocycles. The van der Waals surface area contributed by atoms with E-state index in [2.05, 4.69) is 57.0 Å². The molecule has 3 nitrogen and oxygen atoms in total. The lowest BCUT2D eigenvalue weighted by Gasteiger charge is -2.63. The van der Waals surface area contributed by atoms with Crippen molar-refractivity contribution < 1.29 is 4.74 Å². The highest BCUT2D eigenvalue weighted by atomic mass is 16.5. The van der Waals surface area contributed by atoms with E-state index in [-0.39, 0.29) is 11.0 Å². The van der Waals surface area contributed by atoms with E-state index in [1.807, 2.05) is 0 Å². The standard InChI is InChI=1S/C18H28N2O/c1-13-5-7-14(8-6-13)11-20(4)12-18(19)15-9-10-21-16(15)17(18,2)3/h5-8,15-16H,9-12,19H2,1-4H3. The highest BCUT2D eigenvalue weighted by Gasteiger charge is 2.67. The van der Waals surface area contributed by atoms with Gasteiger partial charge < -0.3 is 15.4 Å². The van der Waals surface area contributed by atoms with Gasteiger partial charge in [0.1, 0.15) is 0 Å². The third-order valence-corrected chi connectivity index (χ3v) is 5.77. The maximum absolute atomic E-state index is 6.82. The molecule has 2 N–H and O–H groups in total. The molecule has 0 aromatic heterocycles. The molecule has 0 radical (unpaired) electrons. The lowest BCUT2D eigenvalue weighted by atomic mass is 9.48. The molecule has 1 saturated carbocycles. The molecule has 1 heterocycles. The Hall–Kier alpha value is -0.900. The molecular formula is C18H28N2O. The van der Waals surface area contributed by atoms with E-state index in [1.54, 1.807) is 0 Å². The first-order valence-corrected chi connectivity index (χ1v) is 7.99. The maximum Gasteiger partial charge on any atom is 0.0691 e. The SMILES string of the molecule is Cc1ccc(CN(C)CC2(N)C3CCOC3C2(C)C)cc1. The Labute approximate surface area is 128 Å². The van der Waals surface area contributed by atoms with Gasteiger partial charge in [-0.3, -0.25) is 0 Å². The zero-order valence-electron chi connectivity index (χ0n) is 13.7. The topological polar surface area (TPSA) is 38.5 Å². The number of nitrogens with zero attached hydrogens (tertiary/aromatic N) is 1. The number of rotatable bonds is 4. The molecule has 1 aliphatic heterocycles. The number of likely N-dealkylation sites (N-methyl/N-ethyl adjacent to an activating group) is 1. The van der Waals surface area contributed by atoms with Gasteiger partial charge in [-0.1, -0.05) is 43.7 Å². The van der Waals surface area contributed by atoms with Crippen LogP contribution < -0.4 is 5.73 Å². The van der Waals surface area contributed by atoms with Crippen molar-refractivity contribution in [2.24, 2.45) is 17.1 Å². The highest BCUT2D eigenvalue weighted by molar-refractivity contribution is 5.23. The molecule has 0 bridgehead atoms. The fourth-order valence-electron chi connectivity index (χ4n) is 4.30. The largest absolute Gasteiger partial charge is 0.377 e. The molecule has 2 aliphatic rings. The summed E-state index contributed by atoms with van der Waals surface area (Å²) >= 11 is 0. The summed E-state index contributed by atoms with van der Waals surface area (Å²) in [5.74, 6) is 0.521. The zero-order valence-corrected chi connectivity index (χ0v) is 13.7. The Morgan fingerprint density at radius 3 is 2.62 bits per heavy atom. The highest BCUT2D eigenvalue weighted by Crippen LogP contribution is 2.58. The molecular weight excluding hydrogens is 260 g/mol. The van der Waals surface area contributed by atoms with Gasteiger partial charge in [0.25, 0.3) is 0 Å². The van der Waals surface area contributed by atoms with Crippen molar-refractivity contribution in [1.29, 1.82) is 0 Å². The molecule has 2 fully saturated rings. The van der Waals surface area contributed by atoms with Gasteiger partial charge in [0.05, 0.1) is 6.10 Å². The first-order chi connectivity index (χ1) is 9.84. The van der Waals surface area contributed by atoms with Gasteiger partial charge in [0, 0.05) is 36.6 Å². The first-order valence-electron chi connectivity index (χ1n) is 7.99. The van der Waals surface area contributed by atoms with E-state index in [0.29, 0.717) is 12.0 Å². The van der Waals surface area contributed by atoms with Crippen molar-refractivity contribution >= 4 is 0 Å². The van der Waals surface area contributed by atoms with Gasteiger partial charge in [-0.15, -0.1) is 0 Å². The third-order valence-electron chi connectivity index (χ3n) is 5.77. The van der Waals surface area contributed by atoms with Crippen LogP contribution in [0.25, 0.3) is 0 Å². The van der Waals surface area contributed by atoms with Crippen LogP contribution in [0.1, 0.15) is 31.4 Å². The number of fused-ring (bicyclic) bond motifs is 1. The molecule has 3 heteroatoms. The Kier molecular flexibility index (Phi) is 3.63. The van der Waals surface area contributed by atoms with Gasteiger partial charge in [-0.2, -0.15) is 0 Å². The second-order valence-corrected chi connectivity index (χ2v) is 7.61. The van der Waals surface area contributed by atoms with Crippen LogP contribution in [0.2, 0.25) is 0 Å². The van der Waals surface area contributed by atoms with Crippen LogP contribution in [0.15, 0.2) is 24.3 Å². The van der Waals surface area contributed by atoms with Crippen LogP contribution in [0.5, 0.6) is 0 Å². The lowest BCUT2D eigenvalue weighted by molar-refractivity contribution is -0.162. The summed E-state index contributed by atoms with van der Waals surface area (Å²) in [7, 11) is 2.17. The van der Waals surface area contributed by atoms with E-state index in [9.17, 15) is 0 Å². The summed E-state index contributed by atoms with van der Waals surface area (Å²) < 4.78 is 5.88. The molecule has 3 rings (SSSR count). The van der Waals surface area contributed by atoms with Crippen LogP contribution in [0.4, 0.5) is 0 Å². The van der Waals surface area contributed by atoms with Crippen LogP contribution in [-0.4, -0.2) is 36.7 Å². The summed E-state index contributed by atoms with van der Waals surface area (Å²) in [4.78, 5) is 2.36. The van der Waals surface area contributed by atoms with E-state index in [0.717, 1.165) is 26.1 Å². The van der Waals surface area contributed by atoms with Crippen LogP contribution in [0, 0.1) is 18.3 Å². The number of nitrogens with two attached hydrogens (primary N) is 1. The van der Waals surface area contributed by atoms with Gasteiger partial charge in [0.15, 0.2) is 0 Å². The molecule has 3 unspecified atom stereocenters. The predicted molar refractivity (Wildman–Crippen MR) is 86.1 cm³/mol. The third kappa shape index (κ3) is 2.32. The van der Waals surface area contributed by atoms with Crippen LogP contribution in [-0.2, 0) is 11.3 Å². The number of benzene rings is 1. The quantitative estimate of drug-likeness (QED) is 0.925. The number of hydrogen-bond acceptors (Lipinski definition) is 3. The fourth-order valence-corrected chi connectivity index (χ4v) is 4.30. The zero-order chi connectivity index (χ0) is 15.3. The minimum Gasteiger partial charge on any atom is -0.377 e. The van der Waals surface area contributed by atoms with Gasteiger partial charge >= 0.3 is 0 Å². The number of aryl methyl sites for hydroxylation is 1. The van der Waals surface area contributed by atoms with Crippen molar-refractivity contribution in [2.75, 3.05) is 20.2 Å². The second kappa shape index (κ2) is 5.08. The first kappa shape index (κ1) is 15.0. The molecule has 1 aromatic rings. The summed E-state index contributed by atoms with van der Waals surface area (Å²) in [5, 5.41) is 0. The van der Waals surface area contributed by atoms with Gasteiger partial charge in [0.2, 0.25) is 0 Å². The van der Waals surface area contributed by atoms with Crippen molar-refractivity contribution in [2.45, 2.75) is 45.4 Å². The summed E-state index contributed by atoms with van der Waals surface area (Å²) in [6, 6.07) is 8.77. The Morgan fingerprint density at radius 2 is 1.95 bits per heavy atom. The van der Waals surface area contributed by atoms with E-state index in [4.69, 9.17) is 10.5 Å². The van der Waals surface area contributed by atoms with E-state index >= 15 is 0 Å². The van der Waals surface area contributed by atoms with Gasteiger partial charge in [-0.05, 0) is 26.0 Å². The van der Waals surface area contributed by atoms with Crippen LogP contribution in [0.3, 0.4) is 0 Å². The summed E-state index contributed by atoms with van der Waals surface area (Å²) in [5.41, 5.74) is 9.41. The summed E-state index contributed by atoms with van der Waals surface area (Å²) in [6.07, 6.45) is 1.47. The Balaban J connectivity index is 1.66. The van der Waals surface area contributed by atoms with Crippen molar-refractivity contribution in [3.05, 3.63) is 35.4 Å². The molecule has 0 amide bonds. The average molecular weight is 288 g/mol. The molecule has 3 atom stereocenters. The van der Waals surface area contributed by atoms with Gasteiger partial charge in [-0.25, -0.2) is 0 Å². The molecule has 0 spiro atoms. The minimum absolute atomic E-state index is 0.0652. The van der Waals surface area contributed by atoms with E-state index < -0.39 is 0 Å². The van der Waals surface area contributed by atoms with E-state index in [1.165, 1.54) is 11.1 Å². The number of hydrogen-bond donors (Lipinski definition) is 1. The maximum atomic E-state index is 6.82. The normalized spacial score (nSPS) is 33.8. The Bertz CT molecular complexity index is 510. The summed E-state index contributed by atoms with van der Waals surface area (Å²) in [6.45, 7) is 9.41. The number of ether oxygens (including phenoxy) is 1. The smallest absolute Gasteiger partial charge is 0.0691 e. The minimum atomic E-state index is -0.131. The van der Waals surface area contributed by atoms with Crippen molar-refractivity contribution in [1.82, 2.24) is 4.90 Å².